The van der Waals surface area contributed by atoms with Crippen LogP contribution in [0.1, 0.15) is 29.6 Å². The molecular weight excluding hydrogens is 411 g/mol. The quantitative estimate of drug-likeness (QED) is 0.547. The largest absolute Gasteiger partial charge is 0.459 e. The van der Waals surface area contributed by atoms with Gasteiger partial charge >= 0.3 is 5.97 Å². The van der Waals surface area contributed by atoms with E-state index in [1.807, 2.05) is 18.2 Å². The summed E-state index contributed by atoms with van der Waals surface area (Å²) in [4.78, 5) is 11.9. The molecule has 0 N–H and O–H groups in total. The molecule has 18 heavy (non-hydrogen) atoms. The number of carbonyl (C=O) groups is 1. The number of rotatable bonds is 3. The zero-order chi connectivity index (χ0) is 13.0. The molecule has 1 aromatic carbocycles. The molecule has 98 valence electrons. The zero-order valence-corrected chi connectivity index (χ0v) is 13.6. The van der Waals surface area contributed by atoms with Crippen LogP contribution in [0.3, 0.4) is 0 Å². The molecule has 1 aliphatic rings. The fraction of sp³-hybridized carbons (Fsp3) is 0.462. The lowest BCUT2D eigenvalue weighted by atomic mass is 10.1. The van der Waals surface area contributed by atoms with E-state index in [9.17, 15) is 4.79 Å². The van der Waals surface area contributed by atoms with Crippen molar-refractivity contribution in [1.82, 2.24) is 0 Å². The van der Waals surface area contributed by atoms with Crippen LogP contribution in [0.5, 0.6) is 0 Å². The third-order valence-corrected chi connectivity index (χ3v) is 4.19. The molecule has 1 aliphatic heterocycles. The van der Waals surface area contributed by atoms with Gasteiger partial charge in [0.2, 0.25) is 0 Å². The van der Waals surface area contributed by atoms with Crippen LogP contribution in [0.25, 0.3) is 0 Å². The Morgan fingerprint density at radius 3 is 3.06 bits per heavy atom. The topological polar surface area (TPSA) is 35.5 Å². The molecule has 1 saturated heterocycles. The summed E-state index contributed by atoms with van der Waals surface area (Å²) in [6.45, 7) is 1.12. The first kappa shape index (κ1) is 14.3. The first-order chi connectivity index (χ1) is 8.66. The van der Waals surface area contributed by atoms with Crippen LogP contribution in [0, 0.1) is 3.57 Å². The maximum Gasteiger partial charge on any atom is 0.339 e. The van der Waals surface area contributed by atoms with Crippen LogP contribution in [0.2, 0.25) is 0 Å². The molecule has 1 heterocycles. The van der Waals surface area contributed by atoms with Gasteiger partial charge in [-0.2, -0.15) is 0 Å². The molecule has 0 amide bonds. The van der Waals surface area contributed by atoms with E-state index in [1.165, 1.54) is 0 Å². The monoisotopic (exact) mass is 424 g/mol. The fourth-order valence-electron chi connectivity index (χ4n) is 1.84. The number of benzene rings is 1. The minimum Gasteiger partial charge on any atom is -0.459 e. The van der Waals surface area contributed by atoms with E-state index in [4.69, 9.17) is 9.47 Å². The standard InChI is InChI=1S/C13H14BrIO3/c14-12-5-4-9(15)7-11(12)13(16)18-8-10-3-1-2-6-17-10/h4-5,7,10H,1-3,6,8H2/t10-/m0/s1. The highest BCUT2D eigenvalue weighted by molar-refractivity contribution is 14.1. The van der Waals surface area contributed by atoms with E-state index in [0.29, 0.717) is 12.2 Å². The number of carbonyl (C=O) groups excluding carboxylic acids is 1. The highest BCUT2D eigenvalue weighted by atomic mass is 127. The van der Waals surface area contributed by atoms with Gasteiger partial charge in [-0.05, 0) is 76.0 Å². The number of hydrogen-bond acceptors (Lipinski definition) is 3. The second kappa shape index (κ2) is 6.86. The van der Waals surface area contributed by atoms with Crippen LogP contribution in [-0.4, -0.2) is 25.3 Å². The summed E-state index contributed by atoms with van der Waals surface area (Å²) in [5.41, 5.74) is 0.567. The minimum atomic E-state index is -0.297. The second-order valence-corrected chi connectivity index (χ2v) is 6.31. The van der Waals surface area contributed by atoms with Crippen LogP contribution >= 0.6 is 38.5 Å². The van der Waals surface area contributed by atoms with Crippen molar-refractivity contribution in [3.63, 3.8) is 0 Å². The molecule has 1 atom stereocenters. The lowest BCUT2D eigenvalue weighted by Crippen LogP contribution is -2.26. The van der Waals surface area contributed by atoms with E-state index in [2.05, 4.69) is 38.5 Å². The first-order valence-electron chi connectivity index (χ1n) is 5.90. The van der Waals surface area contributed by atoms with Gasteiger partial charge in [-0.15, -0.1) is 0 Å². The predicted molar refractivity (Wildman–Crippen MR) is 80.7 cm³/mol. The molecule has 0 bridgehead atoms. The van der Waals surface area contributed by atoms with E-state index in [1.54, 1.807) is 0 Å². The number of halogens is 2. The Hall–Kier alpha value is -0.140. The van der Waals surface area contributed by atoms with E-state index in [0.717, 1.165) is 33.9 Å². The van der Waals surface area contributed by atoms with Gasteiger partial charge in [-0.1, -0.05) is 0 Å². The molecule has 0 spiro atoms. The average Bonchev–Trinajstić information content (AvgIpc) is 2.40. The number of esters is 1. The maximum absolute atomic E-state index is 11.9. The summed E-state index contributed by atoms with van der Waals surface area (Å²) in [6, 6.07) is 5.61. The average molecular weight is 425 g/mol. The lowest BCUT2D eigenvalue weighted by Gasteiger charge is -2.22. The molecule has 1 fully saturated rings. The molecule has 0 saturated carbocycles. The van der Waals surface area contributed by atoms with Crippen LogP contribution in [0.4, 0.5) is 0 Å². The molecular formula is C13H14BrIO3. The Balaban J connectivity index is 1.92. The molecule has 1 aromatic rings. The number of ether oxygens (including phenoxy) is 2. The van der Waals surface area contributed by atoms with Gasteiger partial charge in [0.15, 0.2) is 0 Å². The van der Waals surface area contributed by atoms with Gasteiger partial charge in [0.05, 0.1) is 11.7 Å². The van der Waals surface area contributed by atoms with Crippen molar-refractivity contribution in [1.29, 1.82) is 0 Å². The third kappa shape index (κ3) is 3.93. The zero-order valence-electron chi connectivity index (χ0n) is 9.83. The van der Waals surface area contributed by atoms with Gasteiger partial charge in [-0.3, -0.25) is 0 Å². The van der Waals surface area contributed by atoms with Crippen molar-refractivity contribution in [2.45, 2.75) is 25.4 Å². The summed E-state index contributed by atoms with van der Waals surface area (Å²) >= 11 is 5.54. The summed E-state index contributed by atoms with van der Waals surface area (Å²) in [5.74, 6) is -0.297. The molecule has 3 nitrogen and oxygen atoms in total. The molecule has 0 unspecified atom stereocenters. The van der Waals surface area contributed by atoms with Crippen molar-refractivity contribution in [2.24, 2.45) is 0 Å². The Bertz CT molecular complexity index is 430. The van der Waals surface area contributed by atoms with E-state index >= 15 is 0 Å². The van der Waals surface area contributed by atoms with E-state index < -0.39 is 0 Å². The number of hydrogen-bond donors (Lipinski definition) is 0. The highest BCUT2D eigenvalue weighted by Gasteiger charge is 2.18. The first-order valence-corrected chi connectivity index (χ1v) is 7.78. The Morgan fingerprint density at radius 2 is 2.33 bits per heavy atom. The van der Waals surface area contributed by atoms with Crippen molar-refractivity contribution in [3.05, 3.63) is 31.8 Å². The normalized spacial score (nSPS) is 19.6. The van der Waals surface area contributed by atoms with Gasteiger partial charge < -0.3 is 9.47 Å². The lowest BCUT2D eigenvalue weighted by molar-refractivity contribution is -0.0300. The molecule has 0 radical (unpaired) electrons. The maximum atomic E-state index is 11.9. The van der Waals surface area contributed by atoms with Gasteiger partial charge in [0, 0.05) is 14.6 Å². The van der Waals surface area contributed by atoms with Crippen LogP contribution in [0.15, 0.2) is 22.7 Å². The van der Waals surface area contributed by atoms with E-state index in [-0.39, 0.29) is 12.1 Å². The van der Waals surface area contributed by atoms with Gasteiger partial charge in [0.25, 0.3) is 0 Å². The third-order valence-electron chi connectivity index (χ3n) is 2.82. The summed E-state index contributed by atoms with van der Waals surface area (Å²) in [6.07, 6.45) is 3.28. The summed E-state index contributed by atoms with van der Waals surface area (Å²) < 4.78 is 12.6. The SMILES string of the molecule is O=C(OC[C@@H]1CCCCO1)c1cc(I)ccc1Br. The Morgan fingerprint density at radius 1 is 1.50 bits per heavy atom. The summed E-state index contributed by atoms with van der Waals surface area (Å²) in [5, 5.41) is 0. The summed E-state index contributed by atoms with van der Waals surface area (Å²) in [7, 11) is 0. The predicted octanol–water partition coefficient (Wildman–Crippen LogP) is 3.78. The molecule has 0 aliphatic carbocycles. The minimum absolute atomic E-state index is 0.0595. The van der Waals surface area contributed by atoms with Gasteiger partial charge in [0.1, 0.15) is 6.61 Å². The second-order valence-electron chi connectivity index (χ2n) is 4.21. The van der Waals surface area contributed by atoms with Crippen LogP contribution in [-0.2, 0) is 9.47 Å². The molecule has 5 heteroatoms. The Labute approximate surface area is 128 Å². The smallest absolute Gasteiger partial charge is 0.339 e. The highest BCUT2D eigenvalue weighted by Crippen LogP contribution is 2.21. The molecule has 2 rings (SSSR count). The Kier molecular flexibility index (Phi) is 5.44. The van der Waals surface area contributed by atoms with Crippen LogP contribution < -0.4 is 0 Å². The fourth-order valence-corrected chi connectivity index (χ4v) is 2.74. The van der Waals surface area contributed by atoms with Gasteiger partial charge in [-0.25, -0.2) is 4.79 Å². The van der Waals surface area contributed by atoms with Crippen molar-refractivity contribution < 1.29 is 14.3 Å². The molecule has 0 aromatic heterocycles. The van der Waals surface area contributed by atoms with Crippen molar-refractivity contribution in [3.8, 4) is 0 Å². The van der Waals surface area contributed by atoms with Crippen molar-refractivity contribution in [2.75, 3.05) is 13.2 Å². The van der Waals surface area contributed by atoms with Crippen molar-refractivity contribution >= 4 is 44.5 Å².